The Morgan fingerprint density at radius 3 is 3.00 bits per heavy atom. The average Bonchev–Trinajstić information content (AvgIpc) is 2.85. The highest BCUT2D eigenvalue weighted by Crippen LogP contribution is 2.17. The SMILES string of the molecule is Cc1ccc(N)cc1C(=O)NC(C)C1CCCO1. The number of carbonyl (C=O) groups is 1. The summed E-state index contributed by atoms with van der Waals surface area (Å²) in [4.78, 5) is 12.2. The van der Waals surface area contributed by atoms with Gasteiger partial charge in [-0.1, -0.05) is 6.07 Å². The van der Waals surface area contributed by atoms with Crippen molar-refractivity contribution in [3.8, 4) is 0 Å². The molecule has 98 valence electrons. The van der Waals surface area contributed by atoms with E-state index < -0.39 is 0 Å². The standard InChI is InChI=1S/C14H20N2O2/c1-9-5-6-11(15)8-12(9)14(17)16-10(2)13-4-3-7-18-13/h5-6,8,10,13H,3-4,7,15H2,1-2H3,(H,16,17). The van der Waals surface area contributed by atoms with Crippen molar-refractivity contribution in [2.75, 3.05) is 12.3 Å². The molecule has 1 fully saturated rings. The molecule has 1 aromatic carbocycles. The summed E-state index contributed by atoms with van der Waals surface area (Å²) in [5, 5.41) is 2.99. The van der Waals surface area contributed by atoms with Crippen molar-refractivity contribution in [2.45, 2.75) is 38.8 Å². The molecule has 1 aliphatic rings. The molecule has 2 atom stereocenters. The zero-order valence-corrected chi connectivity index (χ0v) is 10.9. The minimum absolute atomic E-state index is 0.0285. The minimum Gasteiger partial charge on any atom is -0.399 e. The summed E-state index contributed by atoms with van der Waals surface area (Å²) in [6.07, 6.45) is 2.22. The molecule has 0 aromatic heterocycles. The van der Waals surface area contributed by atoms with Crippen molar-refractivity contribution >= 4 is 11.6 Å². The molecule has 0 saturated carbocycles. The number of benzene rings is 1. The summed E-state index contributed by atoms with van der Waals surface area (Å²) in [6.45, 7) is 4.68. The van der Waals surface area contributed by atoms with Crippen molar-refractivity contribution in [1.82, 2.24) is 5.32 Å². The third kappa shape index (κ3) is 2.82. The number of nitrogen functional groups attached to an aromatic ring is 1. The Morgan fingerprint density at radius 2 is 2.33 bits per heavy atom. The van der Waals surface area contributed by atoms with E-state index in [9.17, 15) is 4.79 Å². The van der Waals surface area contributed by atoms with Gasteiger partial charge in [0, 0.05) is 17.9 Å². The van der Waals surface area contributed by atoms with E-state index >= 15 is 0 Å². The number of ether oxygens (including phenoxy) is 1. The zero-order valence-electron chi connectivity index (χ0n) is 10.9. The van der Waals surface area contributed by atoms with Crippen LogP contribution in [-0.4, -0.2) is 24.7 Å². The maximum absolute atomic E-state index is 12.2. The Morgan fingerprint density at radius 1 is 1.56 bits per heavy atom. The van der Waals surface area contributed by atoms with Crippen LogP contribution in [0.15, 0.2) is 18.2 Å². The lowest BCUT2D eigenvalue weighted by Gasteiger charge is -2.20. The number of nitrogens with one attached hydrogen (secondary N) is 1. The lowest BCUT2D eigenvalue weighted by molar-refractivity contribution is 0.0712. The van der Waals surface area contributed by atoms with Crippen molar-refractivity contribution in [1.29, 1.82) is 0 Å². The van der Waals surface area contributed by atoms with Crippen LogP contribution in [0.3, 0.4) is 0 Å². The molecule has 1 aromatic rings. The predicted molar refractivity (Wildman–Crippen MR) is 71.5 cm³/mol. The Labute approximate surface area is 108 Å². The number of amides is 1. The van der Waals surface area contributed by atoms with E-state index in [4.69, 9.17) is 10.5 Å². The van der Waals surface area contributed by atoms with Gasteiger partial charge in [0.25, 0.3) is 5.91 Å². The summed E-state index contributed by atoms with van der Waals surface area (Å²) in [5.41, 5.74) is 7.89. The Bertz CT molecular complexity index is 439. The number of anilines is 1. The fourth-order valence-electron chi connectivity index (χ4n) is 2.26. The summed E-state index contributed by atoms with van der Waals surface area (Å²) in [7, 11) is 0. The van der Waals surface area contributed by atoms with E-state index in [1.165, 1.54) is 0 Å². The van der Waals surface area contributed by atoms with Gasteiger partial charge in [0.2, 0.25) is 0 Å². The van der Waals surface area contributed by atoms with E-state index in [1.807, 2.05) is 19.9 Å². The van der Waals surface area contributed by atoms with Crippen LogP contribution in [0.25, 0.3) is 0 Å². The van der Waals surface area contributed by atoms with Gasteiger partial charge in [-0.3, -0.25) is 4.79 Å². The first-order valence-corrected chi connectivity index (χ1v) is 6.36. The molecule has 0 aliphatic carbocycles. The van der Waals surface area contributed by atoms with E-state index in [1.54, 1.807) is 12.1 Å². The summed E-state index contributed by atoms with van der Waals surface area (Å²) >= 11 is 0. The van der Waals surface area contributed by atoms with Gasteiger partial charge in [0.1, 0.15) is 0 Å². The summed E-state index contributed by atoms with van der Waals surface area (Å²) < 4.78 is 5.57. The second-order valence-electron chi connectivity index (χ2n) is 4.89. The Kier molecular flexibility index (Phi) is 3.87. The number of carbonyl (C=O) groups excluding carboxylic acids is 1. The van der Waals surface area contributed by atoms with Crippen molar-refractivity contribution in [3.05, 3.63) is 29.3 Å². The Balaban J connectivity index is 2.04. The molecule has 0 spiro atoms. The number of hydrogen-bond acceptors (Lipinski definition) is 3. The molecule has 4 nitrogen and oxygen atoms in total. The van der Waals surface area contributed by atoms with Crippen molar-refractivity contribution in [3.63, 3.8) is 0 Å². The third-order valence-corrected chi connectivity index (χ3v) is 3.39. The first kappa shape index (κ1) is 12.9. The predicted octanol–water partition coefficient (Wildman–Crippen LogP) is 1.87. The first-order valence-electron chi connectivity index (χ1n) is 6.36. The quantitative estimate of drug-likeness (QED) is 0.803. The van der Waals surface area contributed by atoms with E-state index in [-0.39, 0.29) is 18.1 Å². The third-order valence-electron chi connectivity index (χ3n) is 3.39. The molecule has 0 bridgehead atoms. The molecule has 18 heavy (non-hydrogen) atoms. The number of hydrogen-bond donors (Lipinski definition) is 2. The molecule has 0 radical (unpaired) electrons. The lowest BCUT2D eigenvalue weighted by Crippen LogP contribution is -2.41. The molecule has 1 aliphatic heterocycles. The van der Waals surface area contributed by atoms with E-state index in [0.29, 0.717) is 11.3 Å². The molecule has 1 saturated heterocycles. The molecule has 2 unspecified atom stereocenters. The lowest BCUT2D eigenvalue weighted by atomic mass is 10.1. The van der Waals surface area contributed by atoms with Gasteiger partial charge in [-0.25, -0.2) is 0 Å². The largest absolute Gasteiger partial charge is 0.399 e. The minimum atomic E-state index is -0.0807. The zero-order chi connectivity index (χ0) is 13.1. The van der Waals surface area contributed by atoms with Crippen LogP contribution < -0.4 is 11.1 Å². The van der Waals surface area contributed by atoms with Gasteiger partial charge in [-0.2, -0.15) is 0 Å². The van der Waals surface area contributed by atoms with Crippen LogP contribution in [0.4, 0.5) is 5.69 Å². The second-order valence-corrected chi connectivity index (χ2v) is 4.89. The number of nitrogens with two attached hydrogens (primary N) is 1. The molecular weight excluding hydrogens is 228 g/mol. The van der Waals surface area contributed by atoms with Crippen molar-refractivity contribution in [2.24, 2.45) is 0 Å². The molecule has 1 heterocycles. The molecular formula is C14H20N2O2. The number of aryl methyl sites for hydroxylation is 1. The van der Waals surface area contributed by atoms with Gasteiger partial charge in [-0.15, -0.1) is 0 Å². The van der Waals surface area contributed by atoms with Crippen molar-refractivity contribution < 1.29 is 9.53 Å². The highest BCUT2D eigenvalue weighted by molar-refractivity contribution is 5.96. The average molecular weight is 248 g/mol. The van der Waals surface area contributed by atoms with Gasteiger partial charge in [0.05, 0.1) is 12.1 Å². The van der Waals surface area contributed by atoms with Crippen LogP contribution in [0, 0.1) is 6.92 Å². The normalized spacial score (nSPS) is 20.7. The van der Waals surface area contributed by atoms with Crippen LogP contribution in [0.5, 0.6) is 0 Å². The topological polar surface area (TPSA) is 64.4 Å². The highest BCUT2D eigenvalue weighted by Gasteiger charge is 2.24. The number of rotatable bonds is 3. The highest BCUT2D eigenvalue weighted by atomic mass is 16.5. The first-order chi connectivity index (χ1) is 8.58. The fraction of sp³-hybridized carbons (Fsp3) is 0.500. The Hall–Kier alpha value is -1.55. The maximum atomic E-state index is 12.2. The van der Waals surface area contributed by atoms with Gasteiger partial charge < -0.3 is 15.8 Å². The monoisotopic (exact) mass is 248 g/mol. The molecule has 1 amide bonds. The molecule has 3 N–H and O–H groups in total. The molecule has 2 rings (SSSR count). The second kappa shape index (κ2) is 5.40. The molecule has 4 heteroatoms. The van der Waals surface area contributed by atoms with Crippen LogP contribution in [0.1, 0.15) is 35.7 Å². The van der Waals surface area contributed by atoms with E-state index in [0.717, 1.165) is 25.0 Å². The van der Waals surface area contributed by atoms with Crippen LogP contribution in [-0.2, 0) is 4.74 Å². The van der Waals surface area contributed by atoms with Gasteiger partial charge in [-0.05, 0) is 44.4 Å². The van der Waals surface area contributed by atoms with Gasteiger partial charge >= 0.3 is 0 Å². The fourth-order valence-corrected chi connectivity index (χ4v) is 2.26. The van der Waals surface area contributed by atoms with Crippen LogP contribution in [0.2, 0.25) is 0 Å². The smallest absolute Gasteiger partial charge is 0.251 e. The maximum Gasteiger partial charge on any atom is 0.251 e. The van der Waals surface area contributed by atoms with Crippen LogP contribution >= 0.6 is 0 Å². The summed E-state index contributed by atoms with van der Waals surface area (Å²) in [5.74, 6) is -0.0807. The van der Waals surface area contributed by atoms with Gasteiger partial charge in [0.15, 0.2) is 0 Å². The summed E-state index contributed by atoms with van der Waals surface area (Å²) in [6, 6.07) is 5.41. The van der Waals surface area contributed by atoms with E-state index in [2.05, 4.69) is 5.32 Å².